The van der Waals surface area contributed by atoms with Crippen molar-refractivity contribution in [2.24, 2.45) is 5.16 Å². The van der Waals surface area contributed by atoms with Crippen LogP contribution in [-0.4, -0.2) is 11.8 Å². The molecule has 0 aromatic heterocycles. The van der Waals surface area contributed by atoms with Crippen LogP contribution in [0.1, 0.15) is 12.5 Å². The van der Waals surface area contributed by atoms with E-state index in [2.05, 4.69) is 10.5 Å². The Morgan fingerprint density at radius 1 is 1.15 bits per heavy atom. The van der Waals surface area contributed by atoms with E-state index in [0.717, 1.165) is 5.56 Å². The lowest BCUT2D eigenvalue weighted by Gasteiger charge is -2.04. The highest BCUT2D eigenvalue weighted by molar-refractivity contribution is 6.30. The standard InChI is InChI=1S/C15H13ClN2O2/c1-11(12-6-3-2-4-7-12)18-20-15(19)17-14-9-5-8-13(16)10-14/h2-10H,1H3,(H,17,19). The van der Waals surface area contributed by atoms with E-state index in [0.29, 0.717) is 16.4 Å². The molecule has 4 nitrogen and oxygen atoms in total. The van der Waals surface area contributed by atoms with Gasteiger partial charge in [0.25, 0.3) is 0 Å². The molecule has 0 aliphatic carbocycles. The summed E-state index contributed by atoms with van der Waals surface area (Å²) in [6, 6.07) is 16.2. The molecule has 0 heterocycles. The largest absolute Gasteiger partial charge is 0.437 e. The Balaban J connectivity index is 1.95. The van der Waals surface area contributed by atoms with E-state index in [1.807, 2.05) is 30.3 Å². The third-order valence-electron chi connectivity index (χ3n) is 2.53. The Bertz CT molecular complexity index is 627. The molecular formula is C15H13ClN2O2. The second-order valence-electron chi connectivity index (χ2n) is 4.06. The maximum Gasteiger partial charge on any atom is 0.437 e. The van der Waals surface area contributed by atoms with E-state index >= 15 is 0 Å². The molecule has 5 heteroatoms. The fourth-order valence-corrected chi connectivity index (χ4v) is 1.74. The van der Waals surface area contributed by atoms with Gasteiger partial charge in [0.15, 0.2) is 0 Å². The first-order chi connectivity index (χ1) is 9.65. The van der Waals surface area contributed by atoms with Gasteiger partial charge in [0.2, 0.25) is 0 Å². The van der Waals surface area contributed by atoms with E-state index in [1.165, 1.54) is 0 Å². The van der Waals surface area contributed by atoms with Gasteiger partial charge in [-0.3, -0.25) is 10.2 Å². The summed E-state index contributed by atoms with van der Waals surface area (Å²) in [5.41, 5.74) is 2.06. The van der Waals surface area contributed by atoms with Crippen molar-refractivity contribution in [3.63, 3.8) is 0 Å². The number of carbonyl (C=O) groups is 1. The summed E-state index contributed by atoms with van der Waals surface area (Å²) in [5.74, 6) is 0. The minimum absolute atomic E-state index is 0.534. The first-order valence-electron chi connectivity index (χ1n) is 5.99. The van der Waals surface area contributed by atoms with Crippen molar-refractivity contribution in [1.29, 1.82) is 0 Å². The van der Waals surface area contributed by atoms with Crippen molar-refractivity contribution in [2.75, 3.05) is 5.32 Å². The fraction of sp³-hybridized carbons (Fsp3) is 0.0667. The topological polar surface area (TPSA) is 50.7 Å². The van der Waals surface area contributed by atoms with Crippen molar-refractivity contribution in [3.05, 3.63) is 65.2 Å². The van der Waals surface area contributed by atoms with Crippen LogP contribution in [0.3, 0.4) is 0 Å². The number of halogens is 1. The van der Waals surface area contributed by atoms with Gasteiger partial charge in [-0.1, -0.05) is 53.2 Å². The molecule has 0 fully saturated rings. The lowest BCUT2D eigenvalue weighted by Crippen LogP contribution is -2.11. The molecular weight excluding hydrogens is 276 g/mol. The molecule has 2 aromatic carbocycles. The van der Waals surface area contributed by atoms with E-state index < -0.39 is 6.09 Å². The average Bonchev–Trinajstić information content (AvgIpc) is 2.46. The third-order valence-corrected chi connectivity index (χ3v) is 2.76. The number of nitrogens with one attached hydrogen (secondary N) is 1. The van der Waals surface area contributed by atoms with Crippen LogP contribution in [0.5, 0.6) is 0 Å². The number of nitrogens with zero attached hydrogens (tertiary/aromatic N) is 1. The van der Waals surface area contributed by atoms with Crippen LogP contribution in [0.2, 0.25) is 5.02 Å². The highest BCUT2D eigenvalue weighted by atomic mass is 35.5. The molecule has 0 radical (unpaired) electrons. The van der Waals surface area contributed by atoms with Crippen molar-refractivity contribution < 1.29 is 9.63 Å². The molecule has 0 saturated heterocycles. The predicted molar refractivity (Wildman–Crippen MR) is 80.2 cm³/mol. The van der Waals surface area contributed by atoms with Gasteiger partial charge >= 0.3 is 6.09 Å². The van der Waals surface area contributed by atoms with E-state index in [9.17, 15) is 4.79 Å². The summed E-state index contributed by atoms with van der Waals surface area (Å²) < 4.78 is 0. The number of benzene rings is 2. The normalized spacial score (nSPS) is 11.0. The molecule has 1 amide bonds. The Hall–Kier alpha value is -2.33. The third kappa shape index (κ3) is 4.10. The van der Waals surface area contributed by atoms with Gasteiger partial charge in [0.05, 0.1) is 5.71 Å². The van der Waals surface area contributed by atoms with Gasteiger partial charge in [-0.15, -0.1) is 0 Å². The van der Waals surface area contributed by atoms with Crippen LogP contribution < -0.4 is 5.32 Å². The van der Waals surface area contributed by atoms with E-state index in [4.69, 9.17) is 16.4 Å². The zero-order valence-corrected chi connectivity index (χ0v) is 11.6. The highest BCUT2D eigenvalue weighted by Crippen LogP contribution is 2.15. The van der Waals surface area contributed by atoms with Crippen LogP contribution >= 0.6 is 11.6 Å². The fourth-order valence-electron chi connectivity index (χ4n) is 1.55. The van der Waals surface area contributed by atoms with Crippen LogP contribution in [0.4, 0.5) is 10.5 Å². The molecule has 0 aliphatic rings. The van der Waals surface area contributed by atoms with Gasteiger partial charge in [-0.2, -0.15) is 0 Å². The summed E-state index contributed by atoms with van der Waals surface area (Å²) in [6.45, 7) is 1.77. The summed E-state index contributed by atoms with van der Waals surface area (Å²) in [6.07, 6.45) is -0.664. The van der Waals surface area contributed by atoms with Crippen molar-refractivity contribution in [3.8, 4) is 0 Å². The summed E-state index contributed by atoms with van der Waals surface area (Å²) in [4.78, 5) is 16.4. The SMILES string of the molecule is CC(=NOC(=O)Nc1cccc(Cl)c1)c1ccccc1. The van der Waals surface area contributed by atoms with Crippen LogP contribution in [0, 0.1) is 0 Å². The van der Waals surface area contributed by atoms with Crippen LogP contribution in [-0.2, 0) is 4.84 Å². The van der Waals surface area contributed by atoms with Gasteiger partial charge < -0.3 is 0 Å². The Labute approximate surface area is 122 Å². The minimum atomic E-state index is -0.664. The molecule has 1 N–H and O–H groups in total. The first kappa shape index (κ1) is 14.1. The first-order valence-corrected chi connectivity index (χ1v) is 6.36. The molecule has 0 atom stereocenters. The minimum Gasteiger partial charge on any atom is -0.298 e. The number of oxime groups is 1. The predicted octanol–water partition coefficient (Wildman–Crippen LogP) is 4.31. The zero-order valence-electron chi connectivity index (χ0n) is 10.8. The van der Waals surface area contributed by atoms with Crippen molar-refractivity contribution in [1.82, 2.24) is 0 Å². The number of anilines is 1. The second kappa shape index (κ2) is 6.73. The number of rotatable bonds is 3. The van der Waals surface area contributed by atoms with E-state index in [1.54, 1.807) is 31.2 Å². The number of amides is 1. The Morgan fingerprint density at radius 3 is 2.60 bits per heavy atom. The van der Waals surface area contributed by atoms with Gasteiger partial charge in [0, 0.05) is 10.7 Å². The molecule has 2 rings (SSSR count). The number of hydrogen-bond donors (Lipinski definition) is 1. The molecule has 20 heavy (non-hydrogen) atoms. The Morgan fingerprint density at radius 2 is 1.90 bits per heavy atom. The molecule has 0 bridgehead atoms. The van der Waals surface area contributed by atoms with Gasteiger partial charge in [-0.25, -0.2) is 4.79 Å². The quantitative estimate of drug-likeness (QED) is 0.520. The average molecular weight is 289 g/mol. The maximum absolute atomic E-state index is 11.6. The zero-order chi connectivity index (χ0) is 14.4. The number of carbonyl (C=O) groups excluding carboxylic acids is 1. The lowest BCUT2D eigenvalue weighted by molar-refractivity contribution is 0.166. The van der Waals surface area contributed by atoms with Crippen molar-refractivity contribution in [2.45, 2.75) is 6.92 Å². The van der Waals surface area contributed by atoms with Crippen LogP contribution in [0.25, 0.3) is 0 Å². The molecule has 0 unspecified atom stereocenters. The maximum atomic E-state index is 11.6. The molecule has 2 aromatic rings. The van der Waals surface area contributed by atoms with E-state index in [-0.39, 0.29) is 0 Å². The van der Waals surface area contributed by atoms with Gasteiger partial charge in [0.1, 0.15) is 0 Å². The molecule has 0 saturated carbocycles. The van der Waals surface area contributed by atoms with Crippen molar-refractivity contribution >= 4 is 29.1 Å². The monoisotopic (exact) mass is 288 g/mol. The summed E-state index contributed by atoms with van der Waals surface area (Å²) >= 11 is 5.82. The summed E-state index contributed by atoms with van der Waals surface area (Å²) in [7, 11) is 0. The highest BCUT2D eigenvalue weighted by Gasteiger charge is 2.04. The molecule has 102 valence electrons. The number of hydrogen-bond acceptors (Lipinski definition) is 3. The molecule has 0 spiro atoms. The van der Waals surface area contributed by atoms with Gasteiger partial charge in [-0.05, 0) is 30.7 Å². The molecule has 0 aliphatic heterocycles. The Kier molecular flexibility index (Phi) is 4.74. The smallest absolute Gasteiger partial charge is 0.298 e. The summed E-state index contributed by atoms with van der Waals surface area (Å²) in [5, 5.41) is 6.86. The lowest BCUT2D eigenvalue weighted by atomic mass is 10.1. The second-order valence-corrected chi connectivity index (χ2v) is 4.49. The van der Waals surface area contributed by atoms with Crippen LogP contribution in [0.15, 0.2) is 59.8 Å².